The summed E-state index contributed by atoms with van der Waals surface area (Å²) in [7, 11) is 2.23. The molecule has 2 aliphatic heterocycles. The van der Waals surface area contributed by atoms with E-state index in [0.29, 0.717) is 19.1 Å². The number of hydrogen-bond donors (Lipinski definition) is 0. The highest BCUT2D eigenvalue weighted by Gasteiger charge is 2.28. The van der Waals surface area contributed by atoms with Gasteiger partial charge in [-0.15, -0.1) is 0 Å². The first-order valence-corrected chi connectivity index (χ1v) is 8.84. The van der Waals surface area contributed by atoms with Gasteiger partial charge in [-0.2, -0.15) is 0 Å². The summed E-state index contributed by atoms with van der Waals surface area (Å²) < 4.78 is 5.64. The van der Waals surface area contributed by atoms with Crippen LogP contribution in [0.5, 0.6) is 0 Å². The fraction of sp³-hybridized carbons (Fsp3) is 0.632. The van der Waals surface area contributed by atoms with Crippen molar-refractivity contribution < 1.29 is 9.53 Å². The van der Waals surface area contributed by atoms with E-state index in [1.165, 1.54) is 25.8 Å². The van der Waals surface area contributed by atoms with E-state index in [1.54, 1.807) is 0 Å². The molecule has 2 saturated heterocycles. The van der Waals surface area contributed by atoms with E-state index >= 15 is 0 Å². The summed E-state index contributed by atoms with van der Waals surface area (Å²) in [4.78, 5) is 17.4. The second-order valence-corrected chi connectivity index (χ2v) is 6.82. The summed E-state index contributed by atoms with van der Waals surface area (Å²) in [6, 6.07) is 10.6. The van der Waals surface area contributed by atoms with Gasteiger partial charge >= 0.3 is 0 Å². The Bertz CT molecular complexity index is 505. The Morgan fingerprint density at radius 1 is 1.22 bits per heavy atom. The van der Waals surface area contributed by atoms with Gasteiger partial charge in [-0.05, 0) is 32.9 Å². The monoisotopic (exact) mass is 316 g/mol. The maximum Gasteiger partial charge on any atom is 0.164 e. The lowest BCUT2D eigenvalue weighted by molar-refractivity contribution is -0.0110. The van der Waals surface area contributed by atoms with Crippen LogP contribution in [-0.4, -0.2) is 67.6 Å². The maximum atomic E-state index is 12.5. The van der Waals surface area contributed by atoms with E-state index in [9.17, 15) is 4.79 Å². The van der Waals surface area contributed by atoms with Crippen molar-refractivity contribution in [2.75, 3.05) is 39.9 Å². The summed E-state index contributed by atoms with van der Waals surface area (Å²) in [6.07, 6.45) is 4.39. The van der Waals surface area contributed by atoms with Crippen molar-refractivity contribution in [3.05, 3.63) is 35.9 Å². The zero-order chi connectivity index (χ0) is 16.1. The molecule has 0 aliphatic carbocycles. The van der Waals surface area contributed by atoms with Gasteiger partial charge in [0.05, 0.1) is 13.2 Å². The van der Waals surface area contributed by atoms with Gasteiger partial charge < -0.3 is 9.64 Å². The Morgan fingerprint density at radius 3 is 2.78 bits per heavy atom. The van der Waals surface area contributed by atoms with Gasteiger partial charge in [-0.25, -0.2) is 0 Å². The number of rotatable bonds is 6. The molecule has 2 fully saturated rings. The molecule has 2 heterocycles. The van der Waals surface area contributed by atoms with Crippen molar-refractivity contribution in [3.63, 3.8) is 0 Å². The predicted molar refractivity (Wildman–Crippen MR) is 91.8 cm³/mol. The van der Waals surface area contributed by atoms with Gasteiger partial charge in [-0.1, -0.05) is 30.3 Å². The summed E-state index contributed by atoms with van der Waals surface area (Å²) in [5, 5.41) is 0. The lowest BCUT2D eigenvalue weighted by Gasteiger charge is -2.36. The molecule has 0 spiro atoms. The predicted octanol–water partition coefficient (Wildman–Crippen LogP) is 2.44. The van der Waals surface area contributed by atoms with Crippen molar-refractivity contribution in [2.24, 2.45) is 0 Å². The van der Waals surface area contributed by atoms with Crippen LogP contribution in [0.4, 0.5) is 0 Å². The number of likely N-dealkylation sites (tertiary alicyclic amines) is 1. The quantitative estimate of drug-likeness (QED) is 0.755. The lowest BCUT2D eigenvalue weighted by Crippen LogP contribution is -2.47. The lowest BCUT2D eigenvalue weighted by atomic mass is 10.0. The number of hydrogen-bond acceptors (Lipinski definition) is 4. The average molecular weight is 316 g/mol. The van der Waals surface area contributed by atoms with Crippen molar-refractivity contribution in [1.29, 1.82) is 0 Å². The average Bonchev–Trinajstić information content (AvgIpc) is 3.00. The first-order chi connectivity index (χ1) is 11.2. The first kappa shape index (κ1) is 16.6. The molecule has 126 valence electrons. The standard InChI is InChI=1S/C19H28N2O2/c1-20-10-5-8-17(20)9-11-21-12-13-23-15-18(21)14-19(22)16-6-3-2-4-7-16/h2-4,6-7,17-18H,5,8-15H2,1H3/t17-,18-/m1/s1. The van der Waals surface area contributed by atoms with Crippen LogP contribution in [0.15, 0.2) is 30.3 Å². The highest BCUT2D eigenvalue weighted by Crippen LogP contribution is 2.20. The fourth-order valence-electron chi connectivity index (χ4n) is 3.79. The molecule has 23 heavy (non-hydrogen) atoms. The number of Topliss-reactive ketones (excluding diaryl/α,β-unsaturated/α-hetero) is 1. The summed E-state index contributed by atoms with van der Waals surface area (Å²) >= 11 is 0. The van der Waals surface area contributed by atoms with E-state index in [0.717, 1.165) is 25.3 Å². The SMILES string of the molecule is CN1CCC[C@@H]1CCN1CCOC[C@H]1CC(=O)c1ccccc1. The molecule has 0 amide bonds. The molecular formula is C19H28N2O2. The zero-order valence-corrected chi connectivity index (χ0v) is 14.1. The van der Waals surface area contributed by atoms with Crippen LogP contribution >= 0.6 is 0 Å². The Hall–Kier alpha value is -1.23. The third kappa shape index (κ3) is 4.40. The minimum atomic E-state index is 0.225. The van der Waals surface area contributed by atoms with Gasteiger partial charge in [-0.3, -0.25) is 9.69 Å². The molecule has 0 bridgehead atoms. The molecule has 0 unspecified atom stereocenters. The Kier molecular flexibility index (Phi) is 5.81. The Morgan fingerprint density at radius 2 is 2.04 bits per heavy atom. The minimum absolute atomic E-state index is 0.225. The van der Waals surface area contributed by atoms with E-state index in [-0.39, 0.29) is 11.8 Å². The topological polar surface area (TPSA) is 32.8 Å². The third-order valence-electron chi connectivity index (χ3n) is 5.29. The van der Waals surface area contributed by atoms with Gasteiger partial charge in [0.1, 0.15) is 0 Å². The normalized spacial score (nSPS) is 26.5. The van der Waals surface area contributed by atoms with Gasteiger partial charge in [0.2, 0.25) is 0 Å². The number of nitrogens with zero attached hydrogens (tertiary/aromatic N) is 2. The van der Waals surface area contributed by atoms with Crippen LogP contribution in [0.2, 0.25) is 0 Å². The molecule has 3 rings (SSSR count). The van der Waals surface area contributed by atoms with Crippen LogP contribution in [0.1, 0.15) is 36.0 Å². The second-order valence-electron chi connectivity index (χ2n) is 6.82. The highest BCUT2D eigenvalue weighted by molar-refractivity contribution is 5.96. The zero-order valence-electron chi connectivity index (χ0n) is 14.1. The number of carbonyl (C=O) groups excluding carboxylic acids is 1. The molecule has 0 radical (unpaired) electrons. The summed E-state index contributed by atoms with van der Waals surface area (Å²) in [5.74, 6) is 0.226. The molecule has 0 aromatic heterocycles. The smallest absolute Gasteiger partial charge is 0.164 e. The number of carbonyl (C=O) groups is 1. The molecule has 0 saturated carbocycles. The number of morpholine rings is 1. The molecule has 1 aromatic carbocycles. The van der Waals surface area contributed by atoms with E-state index in [4.69, 9.17) is 4.74 Å². The minimum Gasteiger partial charge on any atom is -0.378 e. The Labute approximate surface area is 139 Å². The van der Waals surface area contributed by atoms with E-state index in [2.05, 4.69) is 16.8 Å². The summed E-state index contributed by atoms with van der Waals surface area (Å²) in [5.41, 5.74) is 0.813. The molecule has 2 aliphatic rings. The molecule has 1 aromatic rings. The number of benzene rings is 1. The van der Waals surface area contributed by atoms with Crippen LogP contribution in [0.3, 0.4) is 0 Å². The van der Waals surface area contributed by atoms with Crippen molar-refractivity contribution in [3.8, 4) is 0 Å². The molecule has 0 N–H and O–H groups in total. The third-order valence-corrected chi connectivity index (χ3v) is 5.29. The van der Waals surface area contributed by atoms with Gasteiger partial charge in [0.25, 0.3) is 0 Å². The fourth-order valence-corrected chi connectivity index (χ4v) is 3.79. The molecule has 4 heteroatoms. The maximum absolute atomic E-state index is 12.5. The van der Waals surface area contributed by atoms with E-state index < -0.39 is 0 Å². The van der Waals surface area contributed by atoms with E-state index in [1.807, 2.05) is 30.3 Å². The van der Waals surface area contributed by atoms with Crippen molar-refractivity contribution >= 4 is 5.78 Å². The van der Waals surface area contributed by atoms with Crippen LogP contribution in [0.25, 0.3) is 0 Å². The number of ether oxygens (including phenoxy) is 1. The van der Waals surface area contributed by atoms with Crippen molar-refractivity contribution in [2.45, 2.75) is 37.8 Å². The number of ketones is 1. The van der Waals surface area contributed by atoms with Gasteiger partial charge in [0, 0.05) is 37.2 Å². The Balaban J connectivity index is 1.54. The van der Waals surface area contributed by atoms with Gasteiger partial charge in [0.15, 0.2) is 5.78 Å². The molecule has 4 nitrogen and oxygen atoms in total. The second kappa shape index (κ2) is 8.04. The van der Waals surface area contributed by atoms with Crippen LogP contribution < -0.4 is 0 Å². The molecular weight excluding hydrogens is 288 g/mol. The largest absolute Gasteiger partial charge is 0.378 e. The molecule has 2 atom stereocenters. The summed E-state index contributed by atoms with van der Waals surface area (Å²) in [6.45, 7) is 4.72. The van der Waals surface area contributed by atoms with Crippen molar-refractivity contribution in [1.82, 2.24) is 9.80 Å². The first-order valence-electron chi connectivity index (χ1n) is 8.84. The van der Waals surface area contributed by atoms with Crippen LogP contribution in [0, 0.1) is 0 Å². The highest BCUT2D eigenvalue weighted by atomic mass is 16.5. The van der Waals surface area contributed by atoms with Crippen LogP contribution in [-0.2, 0) is 4.74 Å².